The van der Waals surface area contributed by atoms with Crippen molar-refractivity contribution in [1.29, 1.82) is 0 Å². The molecule has 0 heterocycles. The van der Waals surface area contributed by atoms with E-state index >= 15 is 0 Å². The molecule has 0 saturated heterocycles. The fraction of sp³-hybridized carbons (Fsp3) is 0.429. The third-order valence-electron chi connectivity index (χ3n) is 2.53. The summed E-state index contributed by atoms with van der Waals surface area (Å²) in [5, 5.41) is 0. The summed E-state index contributed by atoms with van der Waals surface area (Å²) in [5.41, 5.74) is 7.27. The first-order valence-corrected chi connectivity index (χ1v) is 7.41. The molecule has 6 heteroatoms. The van der Waals surface area contributed by atoms with Crippen LogP contribution in [0.3, 0.4) is 0 Å². The lowest BCUT2D eigenvalue weighted by atomic mass is 10.1. The summed E-state index contributed by atoms with van der Waals surface area (Å²) < 4.78 is 9.46. The van der Waals surface area contributed by atoms with Gasteiger partial charge >= 0.3 is 11.9 Å². The minimum absolute atomic E-state index is 0.339. The Morgan fingerprint density at radius 1 is 1.30 bits per heavy atom. The van der Waals surface area contributed by atoms with Gasteiger partial charge in [-0.1, -0.05) is 12.1 Å². The van der Waals surface area contributed by atoms with Gasteiger partial charge in [-0.25, -0.2) is 4.79 Å². The van der Waals surface area contributed by atoms with Gasteiger partial charge in [-0.15, -0.1) is 0 Å². The number of hydrogen-bond donors (Lipinski definition) is 1. The fourth-order valence-corrected chi connectivity index (χ4v) is 2.41. The van der Waals surface area contributed by atoms with Crippen molar-refractivity contribution in [1.82, 2.24) is 0 Å². The molecule has 0 bridgehead atoms. The molecule has 0 aliphatic rings. The third kappa shape index (κ3) is 5.22. The monoisotopic (exact) mass is 297 g/mol. The van der Waals surface area contributed by atoms with Crippen LogP contribution in [0.1, 0.15) is 22.8 Å². The van der Waals surface area contributed by atoms with E-state index in [1.54, 1.807) is 30.8 Å². The second-order valence-electron chi connectivity index (χ2n) is 4.06. The van der Waals surface area contributed by atoms with Gasteiger partial charge in [0.15, 0.2) is 0 Å². The quantitative estimate of drug-likeness (QED) is 0.770. The third-order valence-corrected chi connectivity index (χ3v) is 3.66. The van der Waals surface area contributed by atoms with E-state index in [1.165, 1.54) is 7.11 Å². The van der Waals surface area contributed by atoms with E-state index in [4.69, 9.17) is 10.5 Å². The minimum Gasteiger partial charge on any atom is -0.465 e. The highest BCUT2D eigenvalue weighted by Gasteiger charge is 2.14. The Bertz CT molecular complexity index is 447. The van der Waals surface area contributed by atoms with Crippen molar-refractivity contribution >= 4 is 23.7 Å². The number of hydrogen-bond acceptors (Lipinski definition) is 6. The first kappa shape index (κ1) is 16.5. The van der Waals surface area contributed by atoms with E-state index in [9.17, 15) is 9.59 Å². The van der Waals surface area contributed by atoms with Crippen LogP contribution in [0.2, 0.25) is 0 Å². The Morgan fingerprint density at radius 3 is 2.50 bits per heavy atom. The summed E-state index contributed by atoms with van der Waals surface area (Å²) in [7, 11) is 1.35. The number of esters is 2. The molecule has 0 radical (unpaired) electrons. The molecule has 110 valence electrons. The second-order valence-corrected chi connectivity index (χ2v) is 5.09. The van der Waals surface area contributed by atoms with Crippen molar-refractivity contribution in [2.75, 3.05) is 19.5 Å². The first-order chi connectivity index (χ1) is 9.58. The predicted molar refractivity (Wildman–Crippen MR) is 78.6 cm³/mol. The maximum Gasteiger partial charge on any atom is 0.337 e. The second kappa shape index (κ2) is 8.60. The molecule has 1 aromatic rings. The molecule has 20 heavy (non-hydrogen) atoms. The van der Waals surface area contributed by atoms with Gasteiger partial charge in [-0.2, -0.15) is 11.8 Å². The molecule has 1 unspecified atom stereocenters. The molecule has 0 amide bonds. The molecule has 1 aromatic carbocycles. The van der Waals surface area contributed by atoms with Gasteiger partial charge in [0.25, 0.3) is 0 Å². The van der Waals surface area contributed by atoms with Crippen LogP contribution in [0.5, 0.6) is 0 Å². The number of thioether (sulfide) groups is 1. The summed E-state index contributed by atoms with van der Waals surface area (Å²) in [5.74, 6) is 0.487. The van der Waals surface area contributed by atoms with Crippen molar-refractivity contribution in [3.05, 3.63) is 35.4 Å². The molecule has 0 fully saturated rings. The standard InChI is InChI=1S/C14H19NO4S/c1-3-19-14(17)12(15)9-20-8-10-4-6-11(7-5-10)13(16)18-2/h4-7,12H,3,8-9,15H2,1-2H3. The van der Waals surface area contributed by atoms with Gasteiger partial charge < -0.3 is 15.2 Å². The molecule has 0 aliphatic heterocycles. The Labute approximate surface area is 122 Å². The number of carbonyl (C=O) groups is 2. The summed E-state index contributed by atoms with van der Waals surface area (Å²) in [4.78, 5) is 22.6. The molecule has 0 saturated carbocycles. The minimum atomic E-state index is -0.603. The predicted octanol–water partition coefficient (Wildman–Crippen LogP) is 1.60. The van der Waals surface area contributed by atoms with E-state index < -0.39 is 6.04 Å². The highest BCUT2D eigenvalue weighted by molar-refractivity contribution is 7.98. The molecule has 1 rings (SSSR count). The van der Waals surface area contributed by atoms with Crippen LogP contribution < -0.4 is 5.73 Å². The smallest absolute Gasteiger partial charge is 0.337 e. The van der Waals surface area contributed by atoms with Crippen molar-refractivity contribution in [3.63, 3.8) is 0 Å². The van der Waals surface area contributed by atoms with E-state index in [0.29, 0.717) is 23.7 Å². The lowest BCUT2D eigenvalue weighted by molar-refractivity contribution is -0.144. The van der Waals surface area contributed by atoms with Gasteiger partial charge in [0.2, 0.25) is 0 Å². The zero-order valence-electron chi connectivity index (χ0n) is 11.6. The van der Waals surface area contributed by atoms with Gasteiger partial charge in [0.05, 0.1) is 19.3 Å². The Hall–Kier alpha value is -1.53. The fourth-order valence-electron chi connectivity index (χ4n) is 1.48. The molecule has 0 aliphatic carbocycles. The zero-order valence-corrected chi connectivity index (χ0v) is 12.4. The first-order valence-electron chi connectivity index (χ1n) is 6.25. The van der Waals surface area contributed by atoms with Crippen molar-refractivity contribution < 1.29 is 19.1 Å². The number of nitrogens with two attached hydrogens (primary N) is 1. The van der Waals surface area contributed by atoms with Crippen molar-refractivity contribution in [3.8, 4) is 0 Å². The van der Waals surface area contributed by atoms with Crippen molar-refractivity contribution in [2.24, 2.45) is 5.73 Å². The zero-order chi connectivity index (χ0) is 15.0. The summed E-state index contributed by atoms with van der Waals surface area (Å²) >= 11 is 1.55. The number of ether oxygens (including phenoxy) is 2. The molecule has 0 spiro atoms. The summed E-state index contributed by atoms with van der Waals surface area (Å²) in [6, 6.07) is 6.54. The van der Waals surface area contributed by atoms with Gasteiger partial charge in [0.1, 0.15) is 6.04 Å². The van der Waals surface area contributed by atoms with Gasteiger partial charge in [0, 0.05) is 11.5 Å². The van der Waals surface area contributed by atoms with E-state index in [1.807, 2.05) is 12.1 Å². The number of rotatable bonds is 7. The number of methoxy groups -OCH3 is 1. The normalized spacial score (nSPS) is 11.8. The highest BCUT2D eigenvalue weighted by atomic mass is 32.2. The number of carbonyl (C=O) groups excluding carboxylic acids is 2. The topological polar surface area (TPSA) is 78.6 Å². The van der Waals surface area contributed by atoms with Crippen molar-refractivity contribution in [2.45, 2.75) is 18.7 Å². The molecule has 5 nitrogen and oxygen atoms in total. The SMILES string of the molecule is CCOC(=O)C(N)CSCc1ccc(C(=O)OC)cc1. The molecular formula is C14H19NO4S. The van der Waals surface area contributed by atoms with E-state index in [0.717, 1.165) is 5.56 Å². The van der Waals surface area contributed by atoms with Crippen LogP contribution in [-0.4, -0.2) is 37.4 Å². The maximum absolute atomic E-state index is 11.3. The average molecular weight is 297 g/mol. The largest absolute Gasteiger partial charge is 0.465 e. The Morgan fingerprint density at radius 2 is 1.95 bits per heavy atom. The molecular weight excluding hydrogens is 278 g/mol. The molecule has 1 atom stereocenters. The van der Waals surface area contributed by atoms with Crippen LogP contribution in [0.15, 0.2) is 24.3 Å². The summed E-state index contributed by atoms with van der Waals surface area (Å²) in [6.45, 7) is 2.09. The molecule has 2 N–H and O–H groups in total. The van der Waals surface area contributed by atoms with Crippen LogP contribution in [-0.2, 0) is 20.0 Å². The Balaban J connectivity index is 2.39. The van der Waals surface area contributed by atoms with Crippen LogP contribution in [0.4, 0.5) is 0 Å². The van der Waals surface area contributed by atoms with E-state index in [-0.39, 0.29) is 11.9 Å². The Kier molecular flexibility index (Phi) is 7.11. The lowest BCUT2D eigenvalue weighted by Crippen LogP contribution is -2.34. The summed E-state index contributed by atoms with van der Waals surface area (Å²) in [6.07, 6.45) is 0. The highest BCUT2D eigenvalue weighted by Crippen LogP contribution is 2.14. The van der Waals surface area contributed by atoms with Crippen LogP contribution in [0.25, 0.3) is 0 Å². The van der Waals surface area contributed by atoms with Gasteiger partial charge in [-0.3, -0.25) is 4.79 Å². The van der Waals surface area contributed by atoms with Crippen LogP contribution in [0, 0.1) is 0 Å². The molecule has 0 aromatic heterocycles. The van der Waals surface area contributed by atoms with Gasteiger partial charge in [-0.05, 0) is 24.6 Å². The number of benzene rings is 1. The van der Waals surface area contributed by atoms with Crippen LogP contribution >= 0.6 is 11.8 Å². The average Bonchev–Trinajstić information content (AvgIpc) is 2.47. The maximum atomic E-state index is 11.3. The lowest BCUT2D eigenvalue weighted by Gasteiger charge is -2.10. The van der Waals surface area contributed by atoms with E-state index in [2.05, 4.69) is 4.74 Å².